The third kappa shape index (κ3) is 3.00. The fraction of sp³-hybridized carbons (Fsp3) is 0.769. The molecule has 0 aromatic carbocycles. The summed E-state index contributed by atoms with van der Waals surface area (Å²) in [5, 5.41) is 3.52. The Labute approximate surface area is 98.3 Å². The molecule has 1 aromatic heterocycles. The minimum Gasteiger partial charge on any atom is -0.353 e. The maximum atomic E-state index is 4.40. The van der Waals surface area contributed by atoms with E-state index in [1.807, 2.05) is 6.20 Å². The highest BCUT2D eigenvalue weighted by molar-refractivity contribution is 5.29. The monoisotopic (exact) mass is 221 g/mol. The van der Waals surface area contributed by atoms with Gasteiger partial charge < -0.3 is 9.88 Å². The van der Waals surface area contributed by atoms with Crippen molar-refractivity contribution in [1.29, 1.82) is 0 Å². The van der Waals surface area contributed by atoms with Gasteiger partial charge in [-0.25, -0.2) is 4.98 Å². The van der Waals surface area contributed by atoms with Crippen molar-refractivity contribution in [3.05, 3.63) is 12.4 Å². The Kier molecular flexibility index (Phi) is 3.52. The Balaban J connectivity index is 1.85. The number of rotatable bonds is 6. The van der Waals surface area contributed by atoms with E-state index in [1.54, 1.807) is 0 Å². The average Bonchev–Trinajstić information content (AvgIpc) is 2.97. The van der Waals surface area contributed by atoms with Crippen LogP contribution in [0.2, 0.25) is 0 Å². The Hall–Kier alpha value is -0.990. The van der Waals surface area contributed by atoms with Gasteiger partial charge in [0.15, 0.2) is 0 Å². The summed E-state index contributed by atoms with van der Waals surface area (Å²) in [6.07, 6.45) is 9.11. The van der Waals surface area contributed by atoms with Crippen LogP contribution >= 0.6 is 0 Å². The van der Waals surface area contributed by atoms with Crippen LogP contribution in [0.25, 0.3) is 0 Å². The largest absolute Gasteiger partial charge is 0.353 e. The Morgan fingerprint density at radius 1 is 1.38 bits per heavy atom. The third-order valence-corrected chi connectivity index (χ3v) is 3.16. The second-order valence-corrected chi connectivity index (χ2v) is 5.41. The summed E-state index contributed by atoms with van der Waals surface area (Å²) in [5.41, 5.74) is 0. The minimum atomic E-state index is 0.516. The molecule has 3 heteroatoms. The van der Waals surface area contributed by atoms with Crippen molar-refractivity contribution in [3.8, 4) is 0 Å². The Morgan fingerprint density at radius 2 is 2.12 bits per heavy atom. The second kappa shape index (κ2) is 4.89. The van der Waals surface area contributed by atoms with Crippen LogP contribution in [0.3, 0.4) is 0 Å². The number of nitrogens with one attached hydrogen (secondary N) is 1. The van der Waals surface area contributed by atoms with E-state index in [1.165, 1.54) is 25.7 Å². The first-order valence-electron chi connectivity index (χ1n) is 6.46. The lowest BCUT2D eigenvalue weighted by Gasteiger charge is -2.16. The van der Waals surface area contributed by atoms with Crippen molar-refractivity contribution in [2.45, 2.75) is 58.5 Å². The number of hydrogen-bond acceptors (Lipinski definition) is 2. The molecule has 1 atom stereocenters. The quantitative estimate of drug-likeness (QED) is 0.797. The Morgan fingerprint density at radius 3 is 2.75 bits per heavy atom. The maximum Gasteiger partial charge on any atom is 0.203 e. The van der Waals surface area contributed by atoms with Gasteiger partial charge in [-0.05, 0) is 38.5 Å². The summed E-state index contributed by atoms with van der Waals surface area (Å²) in [4.78, 5) is 4.40. The van der Waals surface area contributed by atoms with Crippen molar-refractivity contribution >= 4 is 5.95 Å². The molecule has 1 fully saturated rings. The lowest BCUT2D eigenvalue weighted by molar-refractivity contribution is 0.524. The van der Waals surface area contributed by atoms with Crippen molar-refractivity contribution in [1.82, 2.24) is 9.55 Å². The zero-order valence-corrected chi connectivity index (χ0v) is 10.6. The van der Waals surface area contributed by atoms with Crippen LogP contribution in [0.5, 0.6) is 0 Å². The van der Waals surface area contributed by atoms with Gasteiger partial charge in [-0.2, -0.15) is 0 Å². The predicted octanol–water partition coefficient (Wildman–Crippen LogP) is 3.45. The molecule has 0 spiro atoms. The topological polar surface area (TPSA) is 29.9 Å². The first kappa shape index (κ1) is 11.5. The van der Waals surface area contributed by atoms with Gasteiger partial charge in [0.25, 0.3) is 0 Å². The van der Waals surface area contributed by atoms with E-state index >= 15 is 0 Å². The first-order valence-corrected chi connectivity index (χ1v) is 6.46. The van der Waals surface area contributed by atoms with E-state index in [4.69, 9.17) is 0 Å². The van der Waals surface area contributed by atoms with Crippen LogP contribution in [-0.2, 0) is 0 Å². The van der Waals surface area contributed by atoms with E-state index in [0.717, 1.165) is 11.9 Å². The molecule has 1 unspecified atom stereocenters. The average molecular weight is 221 g/mol. The molecule has 1 heterocycles. The predicted molar refractivity (Wildman–Crippen MR) is 67.7 cm³/mol. The van der Waals surface area contributed by atoms with Gasteiger partial charge >= 0.3 is 0 Å². The second-order valence-electron chi connectivity index (χ2n) is 5.41. The molecule has 90 valence electrons. The number of imidazole rings is 1. The van der Waals surface area contributed by atoms with E-state index in [-0.39, 0.29) is 0 Å². The van der Waals surface area contributed by atoms with Crippen LogP contribution in [-0.4, -0.2) is 15.6 Å². The molecule has 1 saturated carbocycles. The molecule has 1 aliphatic rings. The molecule has 1 N–H and O–H groups in total. The normalized spacial score (nSPS) is 17.8. The molecule has 1 aromatic rings. The lowest BCUT2D eigenvalue weighted by atomic mass is 10.0. The SMILES string of the molecule is CC(C)CCC(C)Nc1nccn1C1CC1. The van der Waals surface area contributed by atoms with Crippen molar-refractivity contribution in [3.63, 3.8) is 0 Å². The molecular weight excluding hydrogens is 198 g/mol. The van der Waals surface area contributed by atoms with E-state index in [0.29, 0.717) is 12.1 Å². The first-order chi connectivity index (χ1) is 7.66. The van der Waals surface area contributed by atoms with Gasteiger partial charge in [0.2, 0.25) is 5.95 Å². The molecule has 0 bridgehead atoms. The van der Waals surface area contributed by atoms with Crippen LogP contribution < -0.4 is 5.32 Å². The highest BCUT2D eigenvalue weighted by atomic mass is 15.2. The van der Waals surface area contributed by atoms with Crippen LogP contribution in [0.15, 0.2) is 12.4 Å². The summed E-state index contributed by atoms with van der Waals surface area (Å²) < 4.78 is 2.28. The number of nitrogens with zero attached hydrogens (tertiary/aromatic N) is 2. The van der Waals surface area contributed by atoms with E-state index < -0.39 is 0 Å². The fourth-order valence-corrected chi connectivity index (χ4v) is 1.95. The van der Waals surface area contributed by atoms with Gasteiger partial charge in [0, 0.05) is 24.5 Å². The van der Waals surface area contributed by atoms with E-state index in [2.05, 4.69) is 41.8 Å². The fourth-order valence-electron chi connectivity index (χ4n) is 1.95. The van der Waals surface area contributed by atoms with Crippen molar-refractivity contribution in [2.75, 3.05) is 5.32 Å². The lowest BCUT2D eigenvalue weighted by Crippen LogP contribution is -2.18. The van der Waals surface area contributed by atoms with Crippen LogP contribution in [0.4, 0.5) is 5.95 Å². The van der Waals surface area contributed by atoms with Crippen LogP contribution in [0, 0.1) is 5.92 Å². The summed E-state index contributed by atoms with van der Waals surface area (Å²) >= 11 is 0. The number of anilines is 1. The standard InChI is InChI=1S/C13H23N3/c1-10(2)4-5-11(3)15-13-14-8-9-16(13)12-6-7-12/h8-12H,4-7H2,1-3H3,(H,14,15). The molecule has 2 rings (SSSR count). The summed E-state index contributed by atoms with van der Waals surface area (Å²) in [6, 6.07) is 1.23. The highest BCUT2D eigenvalue weighted by Gasteiger charge is 2.25. The summed E-state index contributed by atoms with van der Waals surface area (Å²) in [5.74, 6) is 1.84. The number of hydrogen-bond donors (Lipinski definition) is 1. The zero-order valence-electron chi connectivity index (χ0n) is 10.6. The summed E-state index contributed by atoms with van der Waals surface area (Å²) in [7, 11) is 0. The maximum absolute atomic E-state index is 4.40. The highest BCUT2D eigenvalue weighted by Crippen LogP contribution is 2.36. The van der Waals surface area contributed by atoms with Gasteiger partial charge in [-0.1, -0.05) is 13.8 Å². The summed E-state index contributed by atoms with van der Waals surface area (Å²) in [6.45, 7) is 6.80. The molecule has 0 radical (unpaired) electrons. The molecule has 1 aliphatic carbocycles. The van der Waals surface area contributed by atoms with Gasteiger partial charge in [0.1, 0.15) is 0 Å². The van der Waals surface area contributed by atoms with Crippen molar-refractivity contribution in [2.24, 2.45) is 5.92 Å². The van der Waals surface area contributed by atoms with Crippen LogP contribution in [0.1, 0.15) is 52.5 Å². The van der Waals surface area contributed by atoms with E-state index in [9.17, 15) is 0 Å². The molecule has 0 aliphatic heterocycles. The molecule has 0 saturated heterocycles. The third-order valence-electron chi connectivity index (χ3n) is 3.16. The van der Waals surface area contributed by atoms with Gasteiger partial charge in [-0.3, -0.25) is 0 Å². The van der Waals surface area contributed by atoms with Gasteiger partial charge in [0.05, 0.1) is 0 Å². The number of aromatic nitrogens is 2. The Bertz CT molecular complexity index is 326. The molecule has 3 nitrogen and oxygen atoms in total. The smallest absolute Gasteiger partial charge is 0.203 e. The molecular formula is C13H23N3. The minimum absolute atomic E-state index is 0.516. The molecule has 16 heavy (non-hydrogen) atoms. The van der Waals surface area contributed by atoms with Gasteiger partial charge in [-0.15, -0.1) is 0 Å². The van der Waals surface area contributed by atoms with Crippen molar-refractivity contribution < 1.29 is 0 Å². The molecule has 0 amide bonds. The zero-order chi connectivity index (χ0) is 11.5.